The summed E-state index contributed by atoms with van der Waals surface area (Å²) < 4.78 is 5.37. The van der Waals surface area contributed by atoms with Gasteiger partial charge in [-0.1, -0.05) is 37.6 Å². The Hall–Kier alpha value is -2.67. The number of anilines is 1. The minimum Gasteiger partial charge on any atom is -0.466 e. The predicted molar refractivity (Wildman–Crippen MR) is 126 cm³/mol. The number of nitrogens with zero attached hydrogens (tertiary/aromatic N) is 1. The van der Waals surface area contributed by atoms with Crippen LogP contribution >= 0.6 is 0 Å². The molecule has 7 nitrogen and oxygen atoms in total. The molecule has 0 bridgehead atoms. The van der Waals surface area contributed by atoms with E-state index in [4.69, 9.17) is 4.74 Å². The molecule has 1 fully saturated rings. The number of aryl methyl sites for hydroxylation is 2. The third-order valence-electron chi connectivity index (χ3n) is 6.77. The van der Waals surface area contributed by atoms with Gasteiger partial charge in [-0.05, 0) is 56.7 Å². The van der Waals surface area contributed by atoms with Gasteiger partial charge in [-0.25, -0.2) is 0 Å². The minimum absolute atomic E-state index is 0.0833. The molecule has 33 heavy (non-hydrogen) atoms. The summed E-state index contributed by atoms with van der Waals surface area (Å²) in [6.07, 6.45) is 5.95. The second kappa shape index (κ2) is 11.0. The number of fused-ring (bicyclic) bond motifs is 1. The summed E-state index contributed by atoms with van der Waals surface area (Å²) in [7, 11) is 0. The van der Waals surface area contributed by atoms with Crippen molar-refractivity contribution in [2.45, 2.75) is 53.0 Å². The SMILES string of the molecule is CCC[C@@H]1C=C[C@H]2[C@@H](C(=O)N(CCCO)[C@@H]2C(=O)Nc2cc(C)ccc2C)[C@@H]1C(=O)OCC. The van der Waals surface area contributed by atoms with E-state index in [1.54, 1.807) is 11.8 Å². The maximum Gasteiger partial charge on any atom is 0.310 e. The number of carbonyl (C=O) groups is 3. The number of nitrogens with one attached hydrogen (secondary N) is 1. The molecule has 1 heterocycles. The number of amides is 2. The second-order valence-electron chi connectivity index (χ2n) is 9.08. The van der Waals surface area contributed by atoms with Gasteiger partial charge < -0.3 is 20.1 Å². The highest BCUT2D eigenvalue weighted by Gasteiger charge is 2.57. The zero-order valence-corrected chi connectivity index (χ0v) is 20.0. The molecule has 1 aromatic rings. The van der Waals surface area contributed by atoms with E-state index in [1.807, 2.05) is 51.1 Å². The van der Waals surface area contributed by atoms with Gasteiger partial charge in [-0.2, -0.15) is 0 Å². The van der Waals surface area contributed by atoms with Crippen LogP contribution in [0.3, 0.4) is 0 Å². The first-order chi connectivity index (χ1) is 15.8. The fourth-order valence-corrected chi connectivity index (χ4v) is 5.23. The summed E-state index contributed by atoms with van der Waals surface area (Å²) >= 11 is 0. The van der Waals surface area contributed by atoms with Crippen LogP contribution in [0.15, 0.2) is 30.4 Å². The van der Waals surface area contributed by atoms with Crippen LogP contribution in [-0.4, -0.2) is 53.6 Å². The highest BCUT2D eigenvalue weighted by molar-refractivity contribution is 6.02. The van der Waals surface area contributed by atoms with Crippen molar-refractivity contribution >= 4 is 23.5 Å². The van der Waals surface area contributed by atoms with E-state index in [9.17, 15) is 19.5 Å². The third-order valence-corrected chi connectivity index (χ3v) is 6.77. The standard InChI is InChI=1S/C26H36N2O5/c1-5-8-18-11-12-19-22(21(18)26(32)33-6-2)25(31)28(13-7-14-29)23(19)24(30)27-20-15-16(3)9-10-17(20)4/h9-12,15,18-19,21-23,29H,5-8,13-14H2,1-4H3,(H,27,30)/t18-,19+,21-,22-,23+/m1/s1. The quantitative estimate of drug-likeness (QED) is 0.439. The molecular weight excluding hydrogens is 420 g/mol. The maximum atomic E-state index is 13.6. The summed E-state index contributed by atoms with van der Waals surface area (Å²) in [5, 5.41) is 12.4. The molecule has 2 N–H and O–H groups in total. The van der Waals surface area contributed by atoms with Crippen LogP contribution in [0.4, 0.5) is 5.69 Å². The molecule has 0 spiro atoms. The number of likely N-dealkylation sites (tertiary alicyclic amines) is 1. The Morgan fingerprint density at radius 1 is 1.18 bits per heavy atom. The number of rotatable bonds is 9. The minimum atomic E-state index is -0.746. The van der Waals surface area contributed by atoms with Crippen molar-refractivity contribution in [3.8, 4) is 0 Å². The third kappa shape index (κ3) is 5.13. The van der Waals surface area contributed by atoms with E-state index in [2.05, 4.69) is 5.32 Å². The van der Waals surface area contributed by atoms with Gasteiger partial charge in [0.25, 0.3) is 0 Å². The molecule has 0 unspecified atom stereocenters. The summed E-state index contributed by atoms with van der Waals surface area (Å²) in [6.45, 7) is 8.11. The van der Waals surface area contributed by atoms with Crippen molar-refractivity contribution in [3.63, 3.8) is 0 Å². The Morgan fingerprint density at radius 3 is 2.61 bits per heavy atom. The average molecular weight is 457 g/mol. The van der Waals surface area contributed by atoms with Crippen LogP contribution in [0.5, 0.6) is 0 Å². The van der Waals surface area contributed by atoms with Gasteiger partial charge in [-0.15, -0.1) is 0 Å². The summed E-state index contributed by atoms with van der Waals surface area (Å²) in [5.41, 5.74) is 2.67. The van der Waals surface area contributed by atoms with Crippen LogP contribution in [-0.2, 0) is 19.1 Å². The maximum absolute atomic E-state index is 13.6. The molecule has 3 rings (SSSR count). The lowest BCUT2D eigenvalue weighted by Gasteiger charge is -2.33. The van der Waals surface area contributed by atoms with Crippen LogP contribution in [0.2, 0.25) is 0 Å². The number of aliphatic hydroxyl groups is 1. The Morgan fingerprint density at radius 2 is 1.94 bits per heavy atom. The Labute approximate surface area is 196 Å². The number of carbonyl (C=O) groups excluding carboxylic acids is 3. The van der Waals surface area contributed by atoms with Crippen molar-refractivity contribution in [2.75, 3.05) is 25.1 Å². The van der Waals surface area contributed by atoms with Gasteiger partial charge in [0.15, 0.2) is 0 Å². The molecule has 0 radical (unpaired) electrons. The first-order valence-electron chi connectivity index (χ1n) is 12.0. The molecule has 0 aromatic heterocycles. The van der Waals surface area contributed by atoms with Crippen molar-refractivity contribution in [2.24, 2.45) is 23.7 Å². The molecule has 5 atom stereocenters. The highest BCUT2D eigenvalue weighted by Crippen LogP contribution is 2.45. The number of aliphatic hydroxyl groups excluding tert-OH is 1. The van der Waals surface area contributed by atoms with Gasteiger partial charge in [-0.3, -0.25) is 14.4 Å². The lowest BCUT2D eigenvalue weighted by molar-refractivity contribution is -0.155. The number of benzene rings is 1. The van der Waals surface area contributed by atoms with E-state index < -0.39 is 23.8 Å². The fraction of sp³-hybridized carbons (Fsp3) is 0.577. The fourth-order valence-electron chi connectivity index (χ4n) is 5.23. The summed E-state index contributed by atoms with van der Waals surface area (Å²) in [5.74, 6) is -2.63. The van der Waals surface area contributed by atoms with Crippen molar-refractivity contribution in [1.82, 2.24) is 4.90 Å². The topological polar surface area (TPSA) is 95.9 Å². The van der Waals surface area contributed by atoms with Crippen LogP contribution in [0, 0.1) is 37.5 Å². The number of hydrogen-bond acceptors (Lipinski definition) is 5. The molecule has 2 amide bonds. The average Bonchev–Trinajstić information content (AvgIpc) is 3.06. The van der Waals surface area contributed by atoms with E-state index >= 15 is 0 Å². The van der Waals surface area contributed by atoms with Crippen LogP contribution in [0.25, 0.3) is 0 Å². The van der Waals surface area contributed by atoms with E-state index in [1.165, 1.54) is 0 Å². The molecular formula is C26H36N2O5. The highest BCUT2D eigenvalue weighted by atomic mass is 16.5. The van der Waals surface area contributed by atoms with Gasteiger partial charge >= 0.3 is 5.97 Å². The number of esters is 1. The number of ether oxygens (including phenoxy) is 1. The van der Waals surface area contributed by atoms with Crippen molar-refractivity contribution in [3.05, 3.63) is 41.5 Å². The number of hydrogen-bond donors (Lipinski definition) is 2. The molecule has 1 saturated heterocycles. The smallest absolute Gasteiger partial charge is 0.310 e. The predicted octanol–water partition coefficient (Wildman–Crippen LogP) is 3.23. The number of allylic oxidation sites excluding steroid dienone is 1. The van der Waals surface area contributed by atoms with Crippen molar-refractivity contribution < 1.29 is 24.2 Å². The zero-order valence-electron chi connectivity index (χ0n) is 20.0. The molecule has 0 saturated carbocycles. The van der Waals surface area contributed by atoms with Gasteiger partial charge in [0.1, 0.15) is 6.04 Å². The largest absolute Gasteiger partial charge is 0.466 e. The first-order valence-corrected chi connectivity index (χ1v) is 12.0. The van der Waals surface area contributed by atoms with Crippen LogP contribution in [0.1, 0.15) is 44.2 Å². The molecule has 180 valence electrons. The zero-order chi connectivity index (χ0) is 24.1. The Kier molecular flexibility index (Phi) is 8.30. The van der Waals surface area contributed by atoms with Gasteiger partial charge in [0, 0.05) is 24.8 Å². The summed E-state index contributed by atoms with van der Waals surface area (Å²) in [6, 6.07) is 5.10. The first kappa shape index (κ1) is 25.0. The van der Waals surface area contributed by atoms with Gasteiger partial charge in [0.2, 0.25) is 11.8 Å². The lowest BCUT2D eigenvalue weighted by Crippen LogP contribution is -2.45. The second-order valence-corrected chi connectivity index (χ2v) is 9.08. The molecule has 7 heteroatoms. The summed E-state index contributed by atoms with van der Waals surface area (Å²) in [4.78, 5) is 41.7. The van der Waals surface area contributed by atoms with Crippen LogP contribution < -0.4 is 5.32 Å². The molecule has 1 aliphatic heterocycles. The molecule has 1 aromatic carbocycles. The monoisotopic (exact) mass is 456 g/mol. The van der Waals surface area contributed by atoms with E-state index in [0.717, 1.165) is 24.0 Å². The molecule has 2 aliphatic rings. The van der Waals surface area contributed by atoms with E-state index in [-0.39, 0.29) is 43.5 Å². The Balaban J connectivity index is 1.98. The van der Waals surface area contributed by atoms with Gasteiger partial charge in [0.05, 0.1) is 18.4 Å². The van der Waals surface area contributed by atoms with Crippen molar-refractivity contribution in [1.29, 1.82) is 0 Å². The Bertz CT molecular complexity index is 912. The lowest BCUT2D eigenvalue weighted by atomic mass is 9.69. The van der Waals surface area contributed by atoms with E-state index in [0.29, 0.717) is 12.1 Å². The molecule has 1 aliphatic carbocycles. The normalized spacial score (nSPS) is 26.3.